The number of allylic oxidation sites excluding steroid dienone is 26. The minimum Gasteiger partial charge on any atom is -0.756 e. The van der Waals surface area contributed by atoms with Gasteiger partial charge in [-0.15, -0.1) is 0 Å². The van der Waals surface area contributed by atoms with Crippen LogP contribution in [0.3, 0.4) is 0 Å². The third-order valence-electron chi connectivity index (χ3n) is 13.0. The Bertz CT molecular complexity index is 1940. The Morgan fingerprint density at radius 3 is 0.976 bits per heavy atom. The summed E-state index contributed by atoms with van der Waals surface area (Å²) in [6.07, 6.45) is 91.6. The maximum absolute atomic E-state index is 12.8. The molecule has 0 bridgehead atoms. The number of carbonyl (C=O) groups is 2. The first kappa shape index (κ1) is 77.6. The molecular weight excluding hydrogens is 1040 g/mol. The van der Waals surface area contributed by atoms with Gasteiger partial charge in [0.2, 0.25) is 0 Å². The predicted octanol–water partition coefficient (Wildman–Crippen LogP) is 20.2. The summed E-state index contributed by atoms with van der Waals surface area (Å²) in [5.74, 6) is -0.867. The molecule has 0 N–H and O–H groups in total. The zero-order valence-electron chi connectivity index (χ0n) is 52.6. The Balaban J connectivity index is 4.14. The summed E-state index contributed by atoms with van der Waals surface area (Å²) in [6.45, 7) is 3.97. The van der Waals surface area contributed by atoms with Crippen LogP contribution in [0.5, 0.6) is 0 Å². The number of phosphoric acid groups is 1. The van der Waals surface area contributed by atoms with Gasteiger partial charge in [0.15, 0.2) is 6.10 Å². The first-order valence-electron chi connectivity index (χ1n) is 32.2. The second kappa shape index (κ2) is 61.2. The lowest BCUT2D eigenvalue weighted by molar-refractivity contribution is -0.870. The van der Waals surface area contributed by atoms with Gasteiger partial charge in [-0.25, -0.2) is 0 Å². The molecule has 2 unspecified atom stereocenters. The van der Waals surface area contributed by atoms with E-state index in [0.29, 0.717) is 23.9 Å². The number of unbranched alkanes of at least 4 members (excludes halogenated alkanes) is 17. The average Bonchev–Trinajstić information content (AvgIpc) is 3.46. The van der Waals surface area contributed by atoms with Crippen molar-refractivity contribution in [2.45, 2.75) is 238 Å². The quantitative estimate of drug-likeness (QED) is 0.0195. The molecule has 0 aliphatic heterocycles. The van der Waals surface area contributed by atoms with Gasteiger partial charge in [-0.3, -0.25) is 14.2 Å². The van der Waals surface area contributed by atoms with Crippen LogP contribution in [0.1, 0.15) is 232 Å². The second-order valence-corrected chi connectivity index (χ2v) is 23.4. The molecule has 0 aromatic rings. The van der Waals surface area contributed by atoms with E-state index in [1.54, 1.807) is 0 Å². The zero-order valence-corrected chi connectivity index (χ0v) is 53.5. The van der Waals surface area contributed by atoms with Gasteiger partial charge in [-0.05, 0) is 122 Å². The normalized spacial score (nSPS) is 14.3. The number of quaternary nitrogens is 1. The van der Waals surface area contributed by atoms with Gasteiger partial charge >= 0.3 is 11.9 Å². The molecule has 0 saturated carbocycles. The first-order valence-corrected chi connectivity index (χ1v) is 33.7. The molecule has 0 heterocycles. The van der Waals surface area contributed by atoms with E-state index in [1.807, 2.05) is 21.1 Å². The van der Waals surface area contributed by atoms with Crippen LogP contribution in [0.25, 0.3) is 0 Å². The van der Waals surface area contributed by atoms with Gasteiger partial charge in [0.05, 0.1) is 27.7 Å². The minimum absolute atomic E-state index is 0.0427. The molecule has 0 aromatic carbocycles. The van der Waals surface area contributed by atoms with Crippen molar-refractivity contribution < 1.29 is 42.1 Å². The number of phosphoric ester groups is 1. The van der Waals surface area contributed by atoms with Crippen LogP contribution in [-0.4, -0.2) is 70.0 Å². The summed E-state index contributed by atoms with van der Waals surface area (Å²) >= 11 is 0. The molecule has 0 fully saturated rings. The van der Waals surface area contributed by atoms with Crippen molar-refractivity contribution in [3.8, 4) is 0 Å². The molecule has 0 aromatic heterocycles. The van der Waals surface area contributed by atoms with Crippen molar-refractivity contribution in [2.24, 2.45) is 0 Å². The van der Waals surface area contributed by atoms with E-state index < -0.39 is 32.5 Å². The summed E-state index contributed by atoms with van der Waals surface area (Å²) in [6, 6.07) is 0. The first-order chi connectivity index (χ1) is 40.0. The van der Waals surface area contributed by atoms with Gasteiger partial charge in [-0.2, -0.15) is 0 Å². The Morgan fingerprint density at radius 2 is 0.659 bits per heavy atom. The lowest BCUT2D eigenvalue weighted by atomic mass is 10.0. The average molecular weight is 1160 g/mol. The number of nitrogens with zero attached hydrogens (tertiary/aromatic N) is 1. The van der Waals surface area contributed by atoms with Crippen LogP contribution in [-0.2, 0) is 32.7 Å². The summed E-state index contributed by atoms with van der Waals surface area (Å²) in [5.41, 5.74) is 0. The highest BCUT2D eigenvalue weighted by molar-refractivity contribution is 7.45. The van der Waals surface area contributed by atoms with Crippen molar-refractivity contribution in [2.75, 3.05) is 47.5 Å². The van der Waals surface area contributed by atoms with Gasteiger partial charge < -0.3 is 27.9 Å². The lowest BCUT2D eigenvalue weighted by Crippen LogP contribution is -2.37. The van der Waals surface area contributed by atoms with Gasteiger partial charge in [0.1, 0.15) is 19.8 Å². The predicted molar refractivity (Wildman–Crippen MR) is 350 cm³/mol. The minimum atomic E-state index is -4.66. The molecule has 0 spiro atoms. The van der Waals surface area contributed by atoms with E-state index in [9.17, 15) is 19.0 Å². The third-order valence-corrected chi connectivity index (χ3v) is 14.0. The van der Waals surface area contributed by atoms with E-state index in [-0.39, 0.29) is 26.1 Å². The third kappa shape index (κ3) is 64.8. The van der Waals surface area contributed by atoms with Crippen LogP contribution >= 0.6 is 7.82 Å². The highest BCUT2D eigenvalue weighted by Gasteiger charge is 2.22. The summed E-state index contributed by atoms with van der Waals surface area (Å²) in [4.78, 5) is 38.0. The number of hydrogen-bond acceptors (Lipinski definition) is 8. The molecule has 464 valence electrons. The second-order valence-electron chi connectivity index (χ2n) is 22.0. The summed E-state index contributed by atoms with van der Waals surface area (Å²) in [5, 5.41) is 0. The van der Waals surface area contributed by atoms with Crippen LogP contribution in [0.4, 0.5) is 0 Å². The highest BCUT2D eigenvalue weighted by Crippen LogP contribution is 2.38. The van der Waals surface area contributed by atoms with E-state index in [1.165, 1.54) is 51.4 Å². The van der Waals surface area contributed by atoms with Crippen LogP contribution in [0, 0.1) is 0 Å². The molecule has 0 saturated heterocycles. The number of ether oxygens (including phenoxy) is 2. The largest absolute Gasteiger partial charge is 0.756 e. The van der Waals surface area contributed by atoms with Crippen molar-refractivity contribution in [3.63, 3.8) is 0 Å². The maximum Gasteiger partial charge on any atom is 0.306 e. The fraction of sp³-hybridized carbons (Fsp3) is 0.611. The molecule has 0 amide bonds. The standard InChI is InChI=1S/C72H118NO8P/c1-6-8-10-12-14-16-18-20-22-24-26-28-29-30-31-32-33-34-35-36-37-38-39-40-41-42-43-45-47-49-51-53-55-57-59-61-63-65-72(75)81-70(69-80-82(76,77)79-67-66-73(3,4)5)68-78-71(74)64-62-60-58-56-54-52-50-48-46-44-27-25-23-21-19-17-15-13-11-9-7-2/h8-11,14-17,20-23,26-28,30-31,33-34,36-37,39-40,44,48,50,70H,6-7,12-13,18-19,24-25,29,32,35,38,41-43,45-47,49,51-69H2,1-5H3/b10-8-,11-9-,16-14-,17-15-,22-20-,23-21-,28-26-,31-30-,34-33-,37-36-,40-39-,44-27-,50-48-. The van der Waals surface area contributed by atoms with Crippen molar-refractivity contribution in [3.05, 3.63) is 158 Å². The Kier molecular flexibility index (Phi) is 57.9. The topological polar surface area (TPSA) is 111 Å². The molecule has 82 heavy (non-hydrogen) atoms. The molecule has 0 aliphatic rings. The van der Waals surface area contributed by atoms with E-state index >= 15 is 0 Å². The molecule has 9 nitrogen and oxygen atoms in total. The van der Waals surface area contributed by atoms with Crippen molar-refractivity contribution in [1.29, 1.82) is 0 Å². The Labute approximate surface area is 503 Å². The fourth-order valence-corrected chi connectivity index (χ4v) is 8.90. The number of esters is 2. The van der Waals surface area contributed by atoms with Crippen LogP contribution < -0.4 is 4.89 Å². The smallest absolute Gasteiger partial charge is 0.306 e. The zero-order chi connectivity index (χ0) is 59.8. The lowest BCUT2D eigenvalue weighted by Gasteiger charge is -2.28. The number of carbonyl (C=O) groups excluding carboxylic acids is 2. The van der Waals surface area contributed by atoms with Crippen molar-refractivity contribution >= 4 is 19.8 Å². The molecular formula is C72H118NO8P. The van der Waals surface area contributed by atoms with Gasteiger partial charge in [-0.1, -0.05) is 255 Å². The molecule has 0 rings (SSSR count). The molecule has 2 atom stereocenters. The highest BCUT2D eigenvalue weighted by atomic mass is 31.2. The monoisotopic (exact) mass is 1160 g/mol. The number of rotatable bonds is 57. The van der Waals surface area contributed by atoms with Gasteiger partial charge in [0, 0.05) is 12.8 Å². The number of hydrogen-bond donors (Lipinski definition) is 0. The van der Waals surface area contributed by atoms with Crippen LogP contribution in [0.15, 0.2) is 158 Å². The van der Waals surface area contributed by atoms with Crippen LogP contribution in [0.2, 0.25) is 0 Å². The van der Waals surface area contributed by atoms with E-state index in [4.69, 9.17) is 18.5 Å². The fourth-order valence-electron chi connectivity index (χ4n) is 8.17. The van der Waals surface area contributed by atoms with Gasteiger partial charge in [0.25, 0.3) is 7.82 Å². The van der Waals surface area contributed by atoms with E-state index in [2.05, 4.69) is 172 Å². The molecule has 10 heteroatoms. The Morgan fingerprint density at radius 1 is 0.378 bits per heavy atom. The molecule has 0 radical (unpaired) electrons. The maximum atomic E-state index is 12.8. The summed E-state index contributed by atoms with van der Waals surface area (Å²) < 4.78 is 34.2. The molecule has 0 aliphatic carbocycles. The SMILES string of the molecule is CC/C=C\C/C=C\C/C=C\C/C=C\C/C=C\C/C=C\C/C=C\C/C=C\CCCCCCCCCCCCCCC(=O)OC(COC(=O)CCCCCCC/C=C\C/C=C\C/C=C\C/C=C\C/C=C\CC)COP(=O)([O-])OCC[N+](C)(C)C. The number of likely N-dealkylation sites (N-methyl/N-ethyl adjacent to an activating group) is 1. The van der Waals surface area contributed by atoms with E-state index in [0.717, 1.165) is 141 Å². The van der Waals surface area contributed by atoms with Crippen molar-refractivity contribution in [1.82, 2.24) is 0 Å². The summed E-state index contributed by atoms with van der Waals surface area (Å²) in [7, 11) is 1.13. The Hall–Kier alpha value is -4.37.